The normalized spacial score (nSPS) is 23.9. The summed E-state index contributed by atoms with van der Waals surface area (Å²) in [5.41, 5.74) is 1.08. The van der Waals surface area contributed by atoms with E-state index in [9.17, 15) is 0 Å². The van der Waals surface area contributed by atoms with Crippen LogP contribution in [0.5, 0.6) is 0 Å². The predicted octanol–water partition coefficient (Wildman–Crippen LogP) is 1.38. The van der Waals surface area contributed by atoms with Gasteiger partial charge in [-0.15, -0.1) is 0 Å². The summed E-state index contributed by atoms with van der Waals surface area (Å²) >= 11 is 0. The van der Waals surface area contributed by atoms with Crippen LogP contribution in [-0.4, -0.2) is 69.4 Å². The van der Waals surface area contributed by atoms with Crippen molar-refractivity contribution < 1.29 is 4.74 Å². The van der Waals surface area contributed by atoms with Gasteiger partial charge in [-0.05, 0) is 26.2 Å². The summed E-state index contributed by atoms with van der Waals surface area (Å²) in [6.45, 7) is 9.41. The molecule has 2 saturated heterocycles. The van der Waals surface area contributed by atoms with Crippen molar-refractivity contribution in [1.29, 1.82) is 0 Å². The van der Waals surface area contributed by atoms with Crippen LogP contribution in [0.25, 0.3) is 5.78 Å². The molecule has 2 aliphatic heterocycles. The summed E-state index contributed by atoms with van der Waals surface area (Å²) in [6.07, 6.45) is 5.24. The molecule has 0 spiro atoms. The molecule has 0 saturated carbocycles. The monoisotopic (exact) mass is 330 g/mol. The maximum atomic E-state index is 5.68. The molecule has 0 N–H and O–H groups in total. The lowest BCUT2D eigenvalue weighted by atomic mass is 10.0. The largest absolute Gasteiger partial charge is 0.376 e. The molecule has 7 nitrogen and oxygen atoms in total. The molecule has 1 unspecified atom stereocenters. The third-order valence-electron chi connectivity index (χ3n) is 5.23. The summed E-state index contributed by atoms with van der Waals surface area (Å²) in [4.78, 5) is 13.9. The van der Waals surface area contributed by atoms with Crippen LogP contribution in [0.3, 0.4) is 0 Å². The van der Waals surface area contributed by atoms with Gasteiger partial charge in [0.25, 0.3) is 5.78 Å². The van der Waals surface area contributed by atoms with Crippen molar-refractivity contribution in [3.05, 3.63) is 18.1 Å². The molecule has 0 aliphatic carbocycles. The Morgan fingerprint density at radius 3 is 2.83 bits per heavy atom. The van der Waals surface area contributed by atoms with Crippen molar-refractivity contribution >= 4 is 11.6 Å². The second kappa shape index (κ2) is 6.64. The lowest BCUT2D eigenvalue weighted by Gasteiger charge is -2.42. The molecule has 1 atom stereocenters. The molecule has 2 aliphatic rings. The molecule has 4 heterocycles. The van der Waals surface area contributed by atoms with E-state index < -0.39 is 0 Å². The number of rotatable bonds is 3. The van der Waals surface area contributed by atoms with Crippen LogP contribution in [0, 0.1) is 0 Å². The van der Waals surface area contributed by atoms with E-state index in [-0.39, 0.29) is 0 Å². The van der Waals surface area contributed by atoms with Crippen LogP contribution in [-0.2, 0) is 11.2 Å². The first kappa shape index (κ1) is 15.8. The van der Waals surface area contributed by atoms with Crippen molar-refractivity contribution in [3.63, 3.8) is 0 Å². The molecule has 0 bridgehead atoms. The second-order valence-electron chi connectivity index (χ2n) is 6.83. The zero-order valence-electron chi connectivity index (χ0n) is 14.6. The SMILES string of the molecule is CCc1cc(N2CCC(N3CCOC(C)C3)CC2)n2ncnc2n1. The minimum Gasteiger partial charge on any atom is -0.376 e. The minimum atomic E-state index is 0.360. The maximum absolute atomic E-state index is 5.68. The van der Waals surface area contributed by atoms with Gasteiger partial charge in [0.2, 0.25) is 0 Å². The van der Waals surface area contributed by atoms with E-state index in [0.29, 0.717) is 17.9 Å². The van der Waals surface area contributed by atoms with Gasteiger partial charge in [-0.1, -0.05) is 6.92 Å². The molecule has 0 radical (unpaired) electrons. The number of ether oxygens (including phenoxy) is 1. The zero-order chi connectivity index (χ0) is 16.5. The van der Waals surface area contributed by atoms with Crippen molar-refractivity contribution in [2.45, 2.75) is 45.3 Å². The van der Waals surface area contributed by atoms with Crippen molar-refractivity contribution in [3.8, 4) is 0 Å². The van der Waals surface area contributed by atoms with E-state index in [4.69, 9.17) is 4.74 Å². The minimum absolute atomic E-state index is 0.360. The average Bonchev–Trinajstić information content (AvgIpc) is 3.09. The van der Waals surface area contributed by atoms with Crippen LogP contribution < -0.4 is 4.90 Å². The zero-order valence-corrected chi connectivity index (χ0v) is 14.6. The Morgan fingerprint density at radius 1 is 1.25 bits per heavy atom. The molecule has 4 rings (SSSR count). The summed E-state index contributed by atoms with van der Waals surface area (Å²) in [6, 6.07) is 2.84. The molecule has 130 valence electrons. The van der Waals surface area contributed by atoms with Gasteiger partial charge in [0.05, 0.1) is 12.7 Å². The van der Waals surface area contributed by atoms with Crippen molar-refractivity contribution in [2.75, 3.05) is 37.7 Å². The molecule has 2 aromatic rings. The Hall–Kier alpha value is -1.73. The van der Waals surface area contributed by atoms with E-state index in [0.717, 1.165) is 50.7 Å². The Bertz CT molecular complexity index is 693. The first-order valence-corrected chi connectivity index (χ1v) is 9.05. The summed E-state index contributed by atoms with van der Waals surface area (Å²) in [5, 5.41) is 4.36. The third-order valence-corrected chi connectivity index (χ3v) is 5.23. The van der Waals surface area contributed by atoms with Crippen LogP contribution in [0.4, 0.5) is 5.82 Å². The van der Waals surface area contributed by atoms with Gasteiger partial charge in [0.1, 0.15) is 12.1 Å². The lowest BCUT2D eigenvalue weighted by molar-refractivity contribution is -0.0373. The lowest BCUT2D eigenvalue weighted by Crippen LogP contribution is -2.51. The predicted molar refractivity (Wildman–Crippen MR) is 92.4 cm³/mol. The van der Waals surface area contributed by atoms with Crippen LogP contribution >= 0.6 is 0 Å². The standard InChI is InChI=1S/C17H26N6O/c1-3-14-10-16(23-17(20-14)18-12-19-23)21-6-4-15(5-7-21)22-8-9-24-13(2)11-22/h10,12-13,15H,3-9,11H2,1-2H3. The molecule has 0 aromatic carbocycles. The fourth-order valence-corrected chi connectivity index (χ4v) is 3.89. The fourth-order valence-electron chi connectivity index (χ4n) is 3.89. The summed E-state index contributed by atoms with van der Waals surface area (Å²) in [5.74, 6) is 1.83. The molecule has 0 amide bonds. The van der Waals surface area contributed by atoms with Gasteiger partial charge in [0.15, 0.2) is 0 Å². The smallest absolute Gasteiger partial charge is 0.254 e. The topological polar surface area (TPSA) is 58.8 Å². The highest BCUT2D eigenvalue weighted by Gasteiger charge is 2.28. The average molecular weight is 330 g/mol. The quantitative estimate of drug-likeness (QED) is 0.847. The van der Waals surface area contributed by atoms with E-state index in [2.05, 4.69) is 44.8 Å². The number of morpholine rings is 1. The van der Waals surface area contributed by atoms with Gasteiger partial charge < -0.3 is 9.64 Å². The first-order chi connectivity index (χ1) is 11.7. The third kappa shape index (κ3) is 2.98. The second-order valence-corrected chi connectivity index (χ2v) is 6.83. The Kier molecular flexibility index (Phi) is 4.37. The van der Waals surface area contributed by atoms with Crippen molar-refractivity contribution in [1.82, 2.24) is 24.5 Å². The van der Waals surface area contributed by atoms with E-state index in [1.165, 1.54) is 12.8 Å². The fraction of sp³-hybridized carbons (Fsp3) is 0.706. The Balaban J connectivity index is 1.49. The summed E-state index contributed by atoms with van der Waals surface area (Å²) in [7, 11) is 0. The van der Waals surface area contributed by atoms with Gasteiger partial charge in [-0.25, -0.2) is 4.98 Å². The van der Waals surface area contributed by atoms with E-state index in [1.807, 2.05) is 4.52 Å². The number of fused-ring (bicyclic) bond motifs is 1. The highest BCUT2D eigenvalue weighted by Crippen LogP contribution is 2.24. The van der Waals surface area contributed by atoms with E-state index >= 15 is 0 Å². The van der Waals surface area contributed by atoms with Gasteiger partial charge in [-0.2, -0.15) is 14.6 Å². The Labute approximate surface area is 142 Å². The molecular weight excluding hydrogens is 304 g/mol. The maximum Gasteiger partial charge on any atom is 0.254 e. The molecule has 24 heavy (non-hydrogen) atoms. The summed E-state index contributed by atoms with van der Waals surface area (Å²) < 4.78 is 7.55. The van der Waals surface area contributed by atoms with Gasteiger partial charge in [-0.3, -0.25) is 4.90 Å². The molecule has 7 heteroatoms. The van der Waals surface area contributed by atoms with Crippen LogP contribution in [0.1, 0.15) is 32.4 Å². The molecule has 2 fully saturated rings. The van der Waals surface area contributed by atoms with Crippen LogP contribution in [0.2, 0.25) is 0 Å². The highest BCUT2D eigenvalue weighted by molar-refractivity contribution is 5.47. The van der Waals surface area contributed by atoms with E-state index in [1.54, 1.807) is 6.33 Å². The number of aryl methyl sites for hydroxylation is 1. The Morgan fingerprint density at radius 2 is 2.08 bits per heavy atom. The van der Waals surface area contributed by atoms with Crippen molar-refractivity contribution in [2.24, 2.45) is 0 Å². The van der Waals surface area contributed by atoms with Gasteiger partial charge >= 0.3 is 0 Å². The van der Waals surface area contributed by atoms with Crippen LogP contribution in [0.15, 0.2) is 12.4 Å². The first-order valence-electron chi connectivity index (χ1n) is 9.05. The highest BCUT2D eigenvalue weighted by atomic mass is 16.5. The van der Waals surface area contributed by atoms with Gasteiger partial charge in [0, 0.05) is 44.0 Å². The number of anilines is 1. The number of hydrogen-bond donors (Lipinski definition) is 0. The molecular formula is C17H26N6O. The number of nitrogens with zero attached hydrogens (tertiary/aromatic N) is 6. The number of piperidine rings is 1. The molecule has 2 aromatic heterocycles. The number of aromatic nitrogens is 4. The number of hydrogen-bond acceptors (Lipinski definition) is 6.